The van der Waals surface area contributed by atoms with Crippen LogP contribution in [0.1, 0.15) is 40.7 Å². The third-order valence-corrected chi connectivity index (χ3v) is 6.15. The van der Waals surface area contributed by atoms with Crippen molar-refractivity contribution in [3.05, 3.63) is 65.7 Å². The number of pyridine rings is 1. The van der Waals surface area contributed by atoms with Crippen LogP contribution < -0.4 is 5.32 Å². The van der Waals surface area contributed by atoms with E-state index < -0.39 is 17.8 Å². The van der Waals surface area contributed by atoms with Gasteiger partial charge in [0.1, 0.15) is 17.2 Å². The third-order valence-electron chi connectivity index (χ3n) is 6.15. The third kappa shape index (κ3) is 4.32. The molecule has 1 aliphatic heterocycles. The molecule has 0 radical (unpaired) electrons. The molecule has 1 atom stereocenters. The van der Waals surface area contributed by atoms with Gasteiger partial charge in [-0.1, -0.05) is 11.2 Å². The first-order valence-electron chi connectivity index (χ1n) is 11.1. The summed E-state index contributed by atoms with van der Waals surface area (Å²) in [6.45, 7) is 2.58. The van der Waals surface area contributed by atoms with E-state index in [2.05, 4.69) is 20.4 Å². The van der Waals surface area contributed by atoms with Gasteiger partial charge in [-0.2, -0.15) is 4.98 Å². The molecule has 1 aliphatic rings. The number of ether oxygens (including phenoxy) is 1. The first kappa shape index (κ1) is 22.5. The van der Waals surface area contributed by atoms with Crippen molar-refractivity contribution in [2.45, 2.75) is 25.7 Å². The van der Waals surface area contributed by atoms with E-state index in [1.165, 1.54) is 19.4 Å². The number of hydrogen-bond donors (Lipinski definition) is 1. The summed E-state index contributed by atoms with van der Waals surface area (Å²) in [5, 5.41) is 6.79. The first-order valence-corrected chi connectivity index (χ1v) is 11.1. The number of hydrogen-bond acceptors (Lipinski definition) is 7. The predicted octanol–water partition coefficient (Wildman–Crippen LogP) is 4.03. The number of amides is 2. The molecule has 4 heterocycles. The van der Waals surface area contributed by atoms with E-state index in [0.29, 0.717) is 35.9 Å². The molecular formula is C24H23FN6O4. The quantitative estimate of drug-likeness (QED) is 0.471. The molecule has 1 saturated heterocycles. The molecular weight excluding hydrogens is 455 g/mol. The number of carbonyl (C=O) groups is 2. The lowest BCUT2D eigenvalue weighted by Crippen LogP contribution is -2.39. The lowest BCUT2D eigenvalue weighted by molar-refractivity contribution is 0.102. The van der Waals surface area contributed by atoms with Crippen molar-refractivity contribution in [2.75, 3.05) is 25.5 Å². The summed E-state index contributed by atoms with van der Waals surface area (Å²) in [6.07, 6.45) is 4.34. The number of rotatable bonds is 4. The van der Waals surface area contributed by atoms with Crippen LogP contribution in [0.4, 0.5) is 14.9 Å². The lowest BCUT2D eigenvalue weighted by Gasteiger charge is -2.29. The normalized spacial score (nSPS) is 15.9. The number of likely N-dealkylation sites (tertiary alicyclic amines) is 1. The Morgan fingerprint density at radius 1 is 1.29 bits per heavy atom. The molecule has 2 amide bonds. The highest BCUT2D eigenvalue weighted by atomic mass is 19.1. The van der Waals surface area contributed by atoms with Crippen LogP contribution in [-0.2, 0) is 4.74 Å². The first-order chi connectivity index (χ1) is 16.9. The van der Waals surface area contributed by atoms with Gasteiger partial charge in [-0.25, -0.2) is 14.2 Å². The van der Waals surface area contributed by atoms with Crippen molar-refractivity contribution < 1.29 is 23.2 Å². The van der Waals surface area contributed by atoms with Crippen molar-refractivity contribution >= 4 is 23.3 Å². The minimum absolute atomic E-state index is 0.145. The van der Waals surface area contributed by atoms with E-state index in [4.69, 9.17) is 9.26 Å². The van der Waals surface area contributed by atoms with Crippen LogP contribution in [0.15, 0.2) is 47.2 Å². The Morgan fingerprint density at radius 2 is 2.14 bits per heavy atom. The Balaban J connectivity index is 1.39. The maximum atomic E-state index is 14.8. The zero-order valence-electron chi connectivity index (χ0n) is 19.2. The molecule has 11 heteroatoms. The minimum Gasteiger partial charge on any atom is -0.453 e. The summed E-state index contributed by atoms with van der Waals surface area (Å²) >= 11 is 0. The number of nitrogens with zero attached hydrogens (tertiary/aromatic N) is 5. The highest BCUT2D eigenvalue weighted by Gasteiger charge is 2.29. The molecule has 0 spiro atoms. The van der Waals surface area contributed by atoms with Gasteiger partial charge in [0, 0.05) is 36.1 Å². The van der Waals surface area contributed by atoms with Crippen molar-refractivity contribution in [1.29, 1.82) is 0 Å². The highest BCUT2D eigenvalue weighted by Crippen LogP contribution is 2.30. The number of carbonyl (C=O) groups excluding carboxylic acids is 2. The topological polar surface area (TPSA) is 115 Å². The largest absolute Gasteiger partial charge is 0.453 e. The molecule has 1 aromatic carbocycles. The molecule has 35 heavy (non-hydrogen) atoms. The van der Waals surface area contributed by atoms with Gasteiger partial charge >= 0.3 is 6.09 Å². The average Bonchev–Trinajstić information content (AvgIpc) is 3.54. The van der Waals surface area contributed by atoms with Crippen LogP contribution in [0.2, 0.25) is 0 Å². The number of anilines is 1. The van der Waals surface area contributed by atoms with E-state index >= 15 is 0 Å². The molecule has 5 rings (SSSR count). The zero-order chi connectivity index (χ0) is 24.5. The summed E-state index contributed by atoms with van der Waals surface area (Å²) in [5.41, 5.74) is 1.87. The van der Waals surface area contributed by atoms with Gasteiger partial charge in [0.25, 0.3) is 5.91 Å². The summed E-state index contributed by atoms with van der Waals surface area (Å²) in [7, 11) is 1.34. The number of halogens is 1. The SMILES string of the molecule is COC(=O)N1CCC[C@@H](c2nc(-c3cc(F)c(C)c(NC(=O)c4cnc5ccccn45)c3)no2)C1. The Morgan fingerprint density at radius 3 is 2.97 bits per heavy atom. The fraction of sp³-hybridized carbons (Fsp3) is 0.292. The standard InChI is InChI=1S/C24H23FN6O4/c1-14-17(25)10-16(11-18(14)27-22(32)19-12-26-20-7-3-4-9-31(19)20)21-28-23(35-29-21)15-6-5-8-30(13-15)24(33)34-2/h3-4,7,9-12,15H,5-6,8,13H2,1-2H3,(H,27,32)/t15-/m1/s1. The number of methoxy groups -OCH3 is 1. The van der Waals surface area contributed by atoms with Gasteiger partial charge in [-0.15, -0.1) is 0 Å². The van der Waals surface area contributed by atoms with Gasteiger partial charge in [0.05, 0.1) is 19.2 Å². The van der Waals surface area contributed by atoms with Crippen molar-refractivity contribution in [1.82, 2.24) is 24.4 Å². The van der Waals surface area contributed by atoms with E-state index in [-0.39, 0.29) is 23.0 Å². The van der Waals surface area contributed by atoms with Gasteiger partial charge in [-0.05, 0) is 44.0 Å². The summed E-state index contributed by atoms with van der Waals surface area (Å²) < 4.78 is 26.7. The summed E-state index contributed by atoms with van der Waals surface area (Å²) in [5.74, 6) is -0.530. The maximum Gasteiger partial charge on any atom is 0.409 e. The molecule has 10 nitrogen and oxygen atoms in total. The van der Waals surface area contributed by atoms with Gasteiger partial charge in [-0.3, -0.25) is 9.20 Å². The van der Waals surface area contributed by atoms with Crippen molar-refractivity contribution in [3.63, 3.8) is 0 Å². The lowest BCUT2D eigenvalue weighted by atomic mass is 9.98. The molecule has 1 fully saturated rings. The predicted molar refractivity (Wildman–Crippen MR) is 124 cm³/mol. The Kier molecular flexibility index (Phi) is 5.89. The molecule has 180 valence electrons. The second kappa shape index (κ2) is 9.16. The van der Waals surface area contributed by atoms with Crippen molar-refractivity contribution in [3.8, 4) is 11.4 Å². The smallest absolute Gasteiger partial charge is 0.409 e. The average molecular weight is 478 g/mol. The number of benzene rings is 1. The fourth-order valence-electron chi connectivity index (χ4n) is 4.22. The number of piperidine rings is 1. The highest BCUT2D eigenvalue weighted by molar-refractivity contribution is 6.04. The van der Waals surface area contributed by atoms with Crippen LogP contribution >= 0.6 is 0 Å². The van der Waals surface area contributed by atoms with Crippen molar-refractivity contribution in [2.24, 2.45) is 0 Å². The Bertz CT molecular complexity index is 1410. The molecule has 0 unspecified atom stereocenters. The Hall–Kier alpha value is -4.28. The van der Waals surface area contributed by atoms with Crippen LogP contribution in [-0.4, -0.2) is 56.6 Å². The van der Waals surface area contributed by atoms with Crippen LogP contribution in [0.3, 0.4) is 0 Å². The van der Waals surface area contributed by atoms with Crippen LogP contribution in [0.5, 0.6) is 0 Å². The number of nitrogens with one attached hydrogen (secondary N) is 1. The summed E-state index contributed by atoms with van der Waals surface area (Å²) in [6, 6.07) is 8.31. The molecule has 0 saturated carbocycles. The van der Waals surface area contributed by atoms with Crippen LogP contribution in [0.25, 0.3) is 17.0 Å². The van der Waals surface area contributed by atoms with E-state index in [1.54, 1.807) is 40.6 Å². The van der Waals surface area contributed by atoms with Gasteiger partial charge < -0.3 is 19.5 Å². The number of imidazole rings is 1. The molecule has 3 aromatic heterocycles. The van der Waals surface area contributed by atoms with Gasteiger partial charge in [0.2, 0.25) is 11.7 Å². The van der Waals surface area contributed by atoms with E-state index in [9.17, 15) is 14.0 Å². The number of aromatic nitrogens is 4. The fourth-order valence-corrected chi connectivity index (χ4v) is 4.22. The molecule has 4 aromatic rings. The zero-order valence-corrected chi connectivity index (χ0v) is 19.2. The summed E-state index contributed by atoms with van der Waals surface area (Å²) in [4.78, 5) is 35.1. The minimum atomic E-state index is -0.517. The van der Waals surface area contributed by atoms with E-state index in [0.717, 1.165) is 12.8 Å². The molecule has 0 aliphatic carbocycles. The monoisotopic (exact) mass is 478 g/mol. The molecule has 1 N–H and O–H groups in total. The van der Waals surface area contributed by atoms with Crippen LogP contribution in [0, 0.1) is 12.7 Å². The Labute approximate surface area is 199 Å². The van der Waals surface area contributed by atoms with E-state index in [1.807, 2.05) is 6.07 Å². The maximum absolute atomic E-state index is 14.8. The second-order valence-corrected chi connectivity index (χ2v) is 8.37. The number of fused-ring (bicyclic) bond motifs is 1. The second-order valence-electron chi connectivity index (χ2n) is 8.37. The van der Waals surface area contributed by atoms with Gasteiger partial charge in [0.15, 0.2) is 0 Å². The molecule has 0 bridgehead atoms.